The Balaban J connectivity index is 2.10. The number of nitrogens with one attached hydrogen (secondary N) is 1. The quantitative estimate of drug-likeness (QED) is 0.824. The van der Waals surface area contributed by atoms with E-state index >= 15 is 0 Å². The van der Waals surface area contributed by atoms with E-state index in [2.05, 4.69) is 10.1 Å². The van der Waals surface area contributed by atoms with Crippen molar-refractivity contribution in [2.45, 2.75) is 19.8 Å². The van der Waals surface area contributed by atoms with Crippen molar-refractivity contribution in [2.24, 2.45) is 11.7 Å². The molecule has 7 nitrogen and oxygen atoms in total. The number of esters is 1. The molecule has 0 aliphatic carbocycles. The third-order valence-corrected chi connectivity index (χ3v) is 4.02. The van der Waals surface area contributed by atoms with Gasteiger partial charge in [0.1, 0.15) is 0 Å². The molecule has 1 aliphatic rings. The smallest absolute Gasteiger partial charge is 0.337 e. The minimum atomic E-state index is -0.508. The summed E-state index contributed by atoms with van der Waals surface area (Å²) in [5, 5.41) is 2.83. The molecule has 0 aromatic heterocycles. The number of carbonyl (C=O) groups is 3. The lowest BCUT2D eigenvalue weighted by molar-refractivity contribution is -0.121. The van der Waals surface area contributed by atoms with Crippen molar-refractivity contribution in [3.63, 3.8) is 0 Å². The lowest BCUT2D eigenvalue weighted by atomic mass is 9.97. The number of urea groups is 1. The molecule has 0 unspecified atom stereocenters. The highest BCUT2D eigenvalue weighted by molar-refractivity contribution is 5.96. The van der Waals surface area contributed by atoms with Crippen LogP contribution in [0.4, 0.5) is 10.5 Å². The number of hydrogen-bond donors (Lipinski definition) is 2. The molecule has 0 spiro atoms. The SMILES string of the molecule is COC(=O)c1ccc(C)c(NC(=O)[C@@H]2CCCN(C(N)=O)C2)c1. The van der Waals surface area contributed by atoms with Gasteiger partial charge in [0.05, 0.1) is 18.6 Å². The van der Waals surface area contributed by atoms with Crippen LogP contribution in [0.25, 0.3) is 0 Å². The number of ether oxygens (including phenoxy) is 1. The van der Waals surface area contributed by atoms with Crippen LogP contribution in [0.3, 0.4) is 0 Å². The van der Waals surface area contributed by atoms with E-state index in [9.17, 15) is 14.4 Å². The van der Waals surface area contributed by atoms with Crippen molar-refractivity contribution in [1.82, 2.24) is 4.90 Å². The molecule has 7 heteroatoms. The van der Waals surface area contributed by atoms with E-state index in [1.165, 1.54) is 12.0 Å². The molecule has 1 aromatic rings. The Labute approximate surface area is 134 Å². The first-order chi connectivity index (χ1) is 10.9. The van der Waals surface area contributed by atoms with Crippen LogP contribution in [0.2, 0.25) is 0 Å². The third kappa shape index (κ3) is 4.00. The van der Waals surface area contributed by atoms with E-state index < -0.39 is 12.0 Å². The summed E-state index contributed by atoms with van der Waals surface area (Å²) in [6.45, 7) is 2.74. The van der Waals surface area contributed by atoms with Crippen LogP contribution in [-0.4, -0.2) is 43.0 Å². The standard InChI is InChI=1S/C16H21N3O4/c1-10-5-6-11(15(21)23-2)8-13(10)18-14(20)12-4-3-7-19(9-12)16(17)22/h5-6,8,12H,3-4,7,9H2,1-2H3,(H2,17,22)(H,18,20)/t12-/m1/s1. The Bertz CT molecular complexity index is 630. The van der Waals surface area contributed by atoms with Gasteiger partial charge in [0.25, 0.3) is 0 Å². The fraction of sp³-hybridized carbons (Fsp3) is 0.438. The molecule has 0 bridgehead atoms. The average Bonchev–Trinajstić information content (AvgIpc) is 2.56. The topological polar surface area (TPSA) is 102 Å². The minimum Gasteiger partial charge on any atom is -0.465 e. The van der Waals surface area contributed by atoms with E-state index in [0.717, 1.165) is 12.0 Å². The number of primary amides is 1. The fourth-order valence-electron chi connectivity index (χ4n) is 2.63. The monoisotopic (exact) mass is 319 g/mol. The lowest BCUT2D eigenvalue weighted by Gasteiger charge is -2.30. The first kappa shape index (κ1) is 16.8. The fourth-order valence-corrected chi connectivity index (χ4v) is 2.63. The maximum Gasteiger partial charge on any atom is 0.337 e. The van der Waals surface area contributed by atoms with Crippen LogP contribution in [0.1, 0.15) is 28.8 Å². The number of nitrogens with two attached hydrogens (primary N) is 1. The largest absolute Gasteiger partial charge is 0.465 e. The van der Waals surface area contributed by atoms with Crippen molar-refractivity contribution < 1.29 is 19.1 Å². The molecule has 1 atom stereocenters. The van der Waals surface area contributed by atoms with Crippen LogP contribution in [-0.2, 0) is 9.53 Å². The normalized spacial score (nSPS) is 17.5. The molecule has 23 heavy (non-hydrogen) atoms. The molecule has 1 saturated heterocycles. The van der Waals surface area contributed by atoms with Gasteiger partial charge in [-0.3, -0.25) is 4.79 Å². The predicted molar refractivity (Wildman–Crippen MR) is 85.0 cm³/mol. The number of likely N-dealkylation sites (tertiary alicyclic amines) is 1. The van der Waals surface area contributed by atoms with Gasteiger partial charge in [0.15, 0.2) is 0 Å². The van der Waals surface area contributed by atoms with Crippen molar-refractivity contribution in [1.29, 1.82) is 0 Å². The number of hydrogen-bond acceptors (Lipinski definition) is 4. The van der Waals surface area contributed by atoms with Crippen LogP contribution in [0.5, 0.6) is 0 Å². The first-order valence-corrected chi connectivity index (χ1v) is 7.46. The van der Waals surface area contributed by atoms with E-state index in [1.807, 2.05) is 6.92 Å². The van der Waals surface area contributed by atoms with Gasteiger partial charge in [-0.25, -0.2) is 9.59 Å². The van der Waals surface area contributed by atoms with Gasteiger partial charge in [-0.15, -0.1) is 0 Å². The molecule has 1 fully saturated rings. The Morgan fingerprint density at radius 1 is 1.35 bits per heavy atom. The second kappa shape index (κ2) is 7.13. The van der Waals surface area contributed by atoms with E-state index in [0.29, 0.717) is 30.8 Å². The molecular formula is C16H21N3O4. The zero-order valence-electron chi connectivity index (χ0n) is 13.3. The van der Waals surface area contributed by atoms with Crippen LogP contribution < -0.4 is 11.1 Å². The highest BCUT2D eigenvalue weighted by Crippen LogP contribution is 2.22. The molecule has 3 amide bonds. The molecule has 0 saturated carbocycles. The summed E-state index contributed by atoms with van der Waals surface area (Å²) < 4.78 is 4.68. The van der Waals surface area contributed by atoms with Gasteiger partial charge in [-0.1, -0.05) is 6.07 Å². The molecule has 124 valence electrons. The second-order valence-corrected chi connectivity index (χ2v) is 5.63. The van der Waals surface area contributed by atoms with Crippen molar-refractivity contribution in [3.8, 4) is 0 Å². The predicted octanol–water partition coefficient (Wildman–Crippen LogP) is 1.51. The van der Waals surface area contributed by atoms with Crippen LogP contribution in [0.15, 0.2) is 18.2 Å². The summed E-state index contributed by atoms with van der Waals surface area (Å²) in [6, 6.07) is 4.48. The zero-order valence-corrected chi connectivity index (χ0v) is 13.3. The van der Waals surface area contributed by atoms with Gasteiger partial charge < -0.3 is 20.7 Å². The van der Waals surface area contributed by atoms with E-state index in [1.54, 1.807) is 18.2 Å². The van der Waals surface area contributed by atoms with Gasteiger partial charge in [-0.2, -0.15) is 0 Å². The third-order valence-electron chi connectivity index (χ3n) is 4.02. The van der Waals surface area contributed by atoms with Crippen LogP contribution >= 0.6 is 0 Å². The molecule has 1 aliphatic heterocycles. The number of anilines is 1. The number of benzene rings is 1. The van der Waals surface area contributed by atoms with Gasteiger partial charge in [-0.05, 0) is 37.5 Å². The number of amides is 3. The molecule has 3 N–H and O–H groups in total. The summed E-state index contributed by atoms with van der Waals surface area (Å²) >= 11 is 0. The van der Waals surface area contributed by atoms with Crippen LogP contribution in [0, 0.1) is 12.8 Å². The van der Waals surface area contributed by atoms with Gasteiger partial charge >= 0.3 is 12.0 Å². The molecule has 1 aromatic carbocycles. The van der Waals surface area contributed by atoms with Crippen molar-refractivity contribution >= 4 is 23.6 Å². The maximum absolute atomic E-state index is 12.4. The molecular weight excluding hydrogens is 298 g/mol. The number of aryl methyl sites for hydroxylation is 1. The Kier molecular flexibility index (Phi) is 5.20. The molecule has 2 rings (SSSR count). The number of methoxy groups -OCH3 is 1. The van der Waals surface area contributed by atoms with Crippen molar-refractivity contribution in [2.75, 3.05) is 25.5 Å². The van der Waals surface area contributed by atoms with Gasteiger partial charge in [0, 0.05) is 18.8 Å². The summed E-state index contributed by atoms with van der Waals surface area (Å²) in [6.07, 6.45) is 1.44. The van der Waals surface area contributed by atoms with E-state index in [-0.39, 0.29) is 11.8 Å². The number of nitrogens with zero attached hydrogens (tertiary/aromatic N) is 1. The second-order valence-electron chi connectivity index (χ2n) is 5.63. The van der Waals surface area contributed by atoms with Gasteiger partial charge in [0.2, 0.25) is 5.91 Å². The Morgan fingerprint density at radius 3 is 2.74 bits per heavy atom. The number of piperidine rings is 1. The molecule has 0 radical (unpaired) electrons. The maximum atomic E-state index is 12.4. The first-order valence-electron chi connectivity index (χ1n) is 7.46. The summed E-state index contributed by atoms with van der Waals surface area (Å²) in [5.74, 6) is -0.948. The summed E-state index contributed by atoms with van der Waals surface area (Å²) in [7, 11) is 1.31. The number of carbonyl (C=O) groups excluding carboxylic acids is 3. The average molecular weight is 319 g/mol. The van der Waals surface area contributed by atoms with Crippen molar-refractivity contribution in [3.05, 3.63) is 29.3 Å². The summed E-state index contributed by atoms with van der Waals surface area (Å²) in [5.41, 5.74) is 7.05. The Hall–Kier alpha value is -2.57. The van der Waals surface area contributed by atoms with E-state index in [4.69, 9.17) is 5.73 Å². The summed E-state index contributed by atoms with van der Waals surface area (Å²) in [4.78, 5) is 36.8. The minimum absolute atomic E-state index is 0.180. The molecule has 1 heterocycles. The highest BCUT2D eigenvalue weighted by atomic mass is 16.5. The zero-order chi connectivity index (χ0) is 17.0. The highest BCUT2D eigenvalue weighted by Gasteiger charge is 2.27. The lowest BCUT2D eigenvalue weighted by Crippen LogP contribution is -2.46. The number of rotatable bonds is 3. The Morgan fingerprint density at radius 2 is 2.09 bits per heavy atom.